The molecule has 2 aliphatic rings. The second kappa shape index (κ2) is 29.9. The molecule has 0 aliphatic heterocycles. The van der Waals surface area contributed by atoms with Crippen LogP contribution in [0.5, 0.6) is 0 Å². The van der Waals surface area contributed by atoms with Crippen molar-refractivity contribution in [3.8, 4) is 0 Å². The molecule has 0 saturated heterocycles. The van der Waals surface area contributed by atoms with Crippen molar-refractivity contribution in [2.24, 2.45) is 11.8 Å². The zero-order valence-corrected chi connectivity index (χ0v) is 52.3. The summed E-state index contributed by atoms with van der Waals surface area (Å²) in [5, 5.41) is 10.9. The number of halogens is 2. The molecule has 0 aromatic heterocycles. The van der Waals surface area contributed by atoms with E-state index in [1.807, 2.05) is 0 Å². The van der Waals surface area contributed by atoms with Crippen molar-refractivity contribution in [3.63, 3.8) is 0 Å². The molecule has 2 unspecified atom stereocenters. The van der Waals surface area contributed by atoms with Gasteiger partial charge in [-0.05, 0) is 27.7 Å². The van der Waals surface area contributed by atoms with Crippen LogP contribution in [0, 0.1) is 51.7 Å². The molecular weight excluding hydrogens is 1120 g/mol. The normalized spacial score (nSPS) is 13.9. The van der Waals surface area contributed by atoms with Gasteiger partial charge in [0.2, 0.25) is 0 Å². The van der Waals surface area contributed by atoms with Crippen LogP contribution in [0.4, 0.5) is 0 Å². The summed E-state index contributed by atoms with van der Waals surface area (Å²) in [5.41, 5.74) is 16.2. The van der Waals surface area contributed by atoms with Gasteiger partial charge in [0.1, 0.15) is 0 Å². The van der Waals surface area contributed by atoms with E-state index in [1.54, 1.807) is 0 Å². The van der Waals surface area contributed by atoms with Crippen molar-refractivity contribution in [3.05, 3.63) is 297 Å². The Kier molecular flexibility index (Phi) is 24.2. The third kappa shape index (κ3) is 17.0. The van der Waals surface area contributed by atoms with Crippen molar-refractivity contribution in [1.82, 2.24) is 0 Å². The predicted octanol–water partition coefficient (Wildman–Crippen LogP) is 19.8. The predicted molar refractivity (Wildman–Crippen MR) is 330 cm³/mol. The molecule has 0 saturated carbocycles. The van der Waals surface area contributed by atoms with Gasteiger partial charge < -0.3 is 0 Å². The average molecular weight is 1190 g/mol. The van der Waals surface area contributed by atoms with Crippen LogP contribution in [-0.4, -0.2) is 6.41 Å². The molecule has 76 heavy (non-hydrogen) atoms. The molecule has 0 N–H and O–H groups in total. The Morgan fingerprint density at radius 2 is 0.697 bits per heavy atom. The molecule has 4 heteroatoms. The number of fused-ring (bicyclic) bond motifs is 6. The van der Waals surface area contributed by atoms with Gasteiger partial charge in [0, 0.05) is 0 Å². The van der Waals surface area contributed by atoms with Crippen molar-refractivity contribution in [1.29, 1.82) is 0 Å². The molecule has 0 heterocycles. The second-order valence-corrected chi connectivity index (χ2v) is 22.1. The van der Waals surface area contributed by atoms with Crippen molar-refractivity contribution < 1.29 is 48.5 Å². The van der Waals surface area contributed by atoms with Crippen LogP contribution in [0.25, 0.3) is 43.1 Å². The van der Waals surface area contributed by atoms with Crippen molar-refractivity contribution in [2.75, 3.05) is 0 Å². The number of hydrogen-bond donors (Lipinski definition) is 0. The SMILES string of the molecule is CC1=C(C)C(C)[C-]=C1.CC1=[C-]C(C)C=C1C.Cc1ccc2c(c1)[cH-]c1cc(C)ccc12.Cc1ccc2c(c1)[cH-]c1cc(C)ccc12.Cl.Cl.[Zr+2]=[C](c1ccccc1)c1ccccc1.[Zr+2]=[C](c1ccccc1)c1ccccc1. The van der Waals surface area contributed by atoms with Gasteiger partial charge in [-0.2, -0.15) is 11.6 Å². The van der Waals surface area contributed by atoms with E-state index in [0.717, 1.165) is 0 Å². The van der Waals surface area contributed by atoms with Crippen LogP contribution in [0.3, 0.4) is 0 Å². The molecule has 0 bridgehead atoms. The van der Waals surface area contributed by atoms with Gasteiger partial charge in [-0.25, -0.2) is 22.8 Å². The fourth-order valence-electron chi connectivity index (χ4n) is 9.10. The molecule has 10 aromatic carbocycles. The summed E-state index contributed by atoms with van der Waals surface area (Å²) in [6, 6.07) is 73.4. The summed E-state index contributed by atoms with van der Waals surface area (Å²) in [6.45, 7) is 21.4. The fraction of sp³-hybridized carbons (Fsp3) is 0.167. The third-order valence-corrected chi connectivity index (χ3v) is 16.5. The Hall–Kier alpha value is -5.45. The summed E-state index contributed by atoms with van der Waals surface area (Å²) >= 11 is 2.92. The van der Waals surface area contributed by atoms with Crippen LogP contribution in [0.1, 0.15) is 86.1 Å². The average Bonchev–Trinajstić information content (AvgIpc) is 4.14. The number of rotatable bonds is 4. The number of allylic oxidation sites excluding steroid dienone is 8. The molecular formula is C72H70Cl2Zr2. The topological polar surface area (TPSA) is 0 Å². The van der Waals surface area contributed by atoms with Gasteiger partial charge in [0.15, 0.2) is 0 Å². The summed E-state index contributed by atoms with van der Waals surface area (Å²) in [7, 11) is 0. The van der Waals surface area contributed by atoms with Crippen molar-refractivity contribution >= 4 is 74.3 Å². The first-order chi connectivity index (χ1) is 35.6. The maximum atomic E-state index is 3.29. The molecule has 12 rings (SSSR count). The molecule has 0 radical (unpaired) electrons. The molecule has 0 nitrogen and oxygen atoms in total. The molecule has 10 aromatic rings. The summed E-state index contributed by atoms with van der Waals surface area (Å²) < 4.78 is 2.83. The molecule has 2 atom stereocenters. The standard InChI is InChI=1S/2C15H13.2C13H10.2C8H11.2ClH.2Zr/c2*1-10-3-5-14-12(7-10)9-13-8-11(2)4-6-15(13)14;2*1-3-7-12(8-4-1)11-13-9-5-2-6-10-13;1-6-4-7(2)8(3)5-6;1-6-4-5-7(2)8(6)3;;;;/h2*3-9H,1-2H3;2*1-10H;4,6H,1-3H3;4,7H,1-3H3;2*1H;;/q2*-1;;;2*-1;;;2*+2. The minimum atomic E-state index is 0. The Morgan fingerprint density at radius 3 is 0.882 bits per heavy atom. The van der Waals surface area contributed by atoms with E-state index in [0.29, 0.717) is 11.8 Å². The number of hydrogen-bond acceptors (Lipinski definition) is 0. The number of aryl methyl sites for hydroxylation is 4. The van der Waals surface area contributed by atoms with Gasteiger partial charge in [0.25, 0.3) is 0 Å². The van der Waals surface area contributed by atoms with Crippen LogP contribution in [0.2, 0.25) is 0 Å². The van der Waals surface area contributed by atoms with E-state index in [1.165, 1.54) is 165 Å². The van der Waals surface area contributed by atoms with E-state index in [4.69, 9.17) is 0 Å². The first kappa shape index (κ1) is 61.4. The Labute approximate surface area is 496 Å². The monoisotopic (exact) mass is 1180 g/mol. The molecule has 0 spiro atoms. The van der Waals surface area contributed by atoms with Crippen LogP contribution in [0.15, 0.2) is 241 Å². The van der Waals surface area contributed by atoms with Gasteiger partial charge >= 0.3 is 198 Å². The van der Waals surface area contributed by atoms with Gasteiger partial charge in [-0.15, -0.1) is 118 Å². The van der Waals surface area contributed by atoms with E-state index in [-0.39, 0.29) is 24.8 Å². The molecule has 380 valence electrons. The first-order valence-corrected chi connectivity index (χ1v) is 28.2. The van der Waals surface area contributed by atoms with Crippen LogP contribution >= 0.6 is 24.8 Å². The quantitative estimate of drug-likeness (QED) is 0.154. The maximum absolute atomic E-state index is 3.29. The Bertz CT molecular complexity index is 3210. The molecule has 0 fully saturated rings. The Morgan fingerprint density at radius 1 is 0.408 bits per heavy atom. The van der Waals surface area contributed by atoms with Gasteiger partial charge in [-0.3, -0.25) is 12.2 Å². The van der Waals surface area contributed by atoms with E-state index in [9.17, 15) is 0 Å². The van der Waals surface area contributed by atoms with Crippen LogP contribution < -0.4 is 0 Å². The zero-order chi connectivity index (χ0) is 52.7. The third-order valence-electron chi connectivity index (χ3n) is 13.6. The zero-order valence-electron chi connectivity index (χ0n) is 45.8. The number of benzene rings is 8. The second-order valence-electron chi connectivity index (χ2n) is 19.7. The minimum absolute atomic E-state index is 0. The fourth-order valence-corrected chi connectivity index (χ4v) is 10.7. The Balaban J connectivity index is 0.000000170. The van der Waals surface area contributed by atoms with Gasteiger partial charge in [0.05, 0.1) is 0 Å². The summed E-state index contributed by atoms with van der Waals surface area (Å²) in [6.07, 6.45) is 10.8. The van der Waals surface area contributed by atoms with E-state index >= 15 is 0 Å². The van der Waals surface area contributed by atoms with Crippen LogP contribution in [-0.2, 0) is 48.5 Å². The molecule has 0 amide bonds. The first-order valence-electron chi connectivity index (χ1n) is 25.7. The summed E-state index contributed by atoms with van der Waals surface area (Å²) in [4.78, 5) is 0. The van der Waals surface area contributed by atoms with E-state index in [2.05, 4.69) is 300 Å². The summed E-state index contributed by atoms with van der Waals surface area (Å²) in [5.74, 6) is 1.12. The van der Waals surface area contributed by atoms with E-state index < -0.39 is 0 Å². The van der Waals surface area contributed by atoms with Gasteiger partial charge in [-0.1, -0.05) is 110 Å². The van der Waals surface area contributed by atoms with Crippen molar-refractivity contribution in [2.45, 2.75) is 69.2 Å². The molecule has 2 aliphatic carbocycles.